The number of unbranched alkanes of at least 4 members (excludes halogenated alkanes) is 2. The number of hydrogen-bond acceptors (Lipinski definition) is 5. The molecule has 0 amide bonds. The van der Waals surface area contributed by atoms with E-state index in [1.165, 1.54) is 5.57 Å². The summed E-state index contributed by atoms with van der Waals surface area (Å²) in [5.74, 6) is 1.02. The van der Waals surface area contributed by atoms with Crippen LogP contribution in [-0.4, -0.2) is 23.3 Å². The zero-order chi connectivity index (χ0) is 22.1. The Bertz CT molecular complexity index is 891. The van der Waals surface area contributed by atoms with Gasteiger partial charge in [0.2, 0.25) is 0 Å². The molecule has 30 heavy (non-hydrogen) atoms. The molecule has 5 nitrogen and oxygen atoms in total. The number of nitrogens with zero attached hydrogens (tertiary/aromatic N) is 1. The van der Waals surface area contributed by atoms with Crippen molar-refractivity contribution in [2.75, 3.05) is 6.61 Å². The van der Waals surface area contributed by atoms with Crippen LogP contribution in [-0.2, 0) is 14.9 Å². The third kappa shape index (κ3) is 4.19. The number of nitriles is 1. The van der Waals surface area contributed by atoms with E-state index < -0.39 is 5.41 Å². The molecule has 0 saturated carbocycles. The average Bonchev–Trinajstić information content (AvgIpc) is 2.66. The summed E-state index contributed by atoms with van der Waals surface area (Å²) in [5.41, 5.74) is 1.60. The zero-order valence-corrected chi connectivity index (χ0v) is 18.7. The zero-order valence-electron chi connectivity index (χ0n) is 18.7. The largest absolute Gasteiger partial charge is 0.508 e. The van der Waals surface area contributed by atoms with Gasteiger partial charge < -0.3 is 14.6 Å². The van der Waals surface area contributed by atoms with Crippen LogP contribution < -0.4 is 4.74 Å². The molecule has 0 radical (unpaired) electrons. The standard InChI is InChI=1S/C25H33NO4/c1-16-9-10-19-18(13-16)22-20(27)14-17(15-21(22)30-25(19,4)5)24(2,3)23(28)29-12-8-6-7-11-26/h9,14-15,18-19,27H,6-8,10,12-13H2,1-5H3. The molecule has 5 heteroatoms. The van der Waals surface area contributed by atoms with Gasteiger partial charge in [0.1, 0.15) is 17.1 Å². The van der Waals surface area contributed by atoms with Crippen molar-refractivity contribution in [1.29, 1.82) is 5.26 Å². The number of ether oxygens (including phenoxy) is 2. The molecule has 2 aliphatic rings. The van der Waals surface area contributed by atoms with Crippen LogP contribution in [0.15, 0.2) is 23.8 Å². The van der Waals surface area contributed by atoms with E-state index in [9.17, 15) is 9.90 Å². The number of rotatable bonds is 6. The Hall–Kier alpha value is -2.48. The number of phenolic OH excluding ortho intramolecular Hbond substituents is 1. The highest BCUT2D eigenvalue weighted by Crippen LogP contribution is 2.54. The van der Waals surface area contributed by atoms with Crippen molar-refractivity contribution in [2.24, 2.45) is 5.92 Å². The molecule has 1 aromatic carbocycles. The minimum atomic E-state index is -0.922. The summed E-state index contributed by atoms with van der Waals surface area (Å²) >= 11 is 0. The summed E-state index contributed by atoms with van der Waals surface area (Å²) in [7, 11) is 0. The highest BCUT2D eigenvalue weighted by molar-refractivity contribution is 5.82. The van der Waals surface area contributed by atoms with E-state index in [4.69, 9.17) is 14.7 Å². The Balaban J connectivity index is 1.87. The first-order valence-electron chi connectivity index (χ1n) is 10.8. The van der Waals surface area contributed by atoms with Gasteiger partial charge in [-0.1, -0.05) is 11.6 Å². The van der Waals surface area contributed by atoms with E-state index in [0.29, 0.717) is 43.1 Å². The molecule has 1 heterocycles. The molecule has 2 unspecified atom stereocenters. The van der Waals surface area contributed by atoms with Crippen LogP contribution in [0.3, 0.4) is 0 Å². The number of phenols is 1. The second-order valence-corrected chi connectivity index (χ2v) is 9.69. The fraction of sp³-hybridized carbons (Fsp3) is 0.600. The first kappa shape index (κ1) is 22.2. The highest BCUT2D eigenvalue weighted by atomic mass is 16.5. The number of aromatic hydroxyl groups is 1. The Morgan fingerprint density at radius 3 is 2.80 bits per heavy atom. The number of benzene rings is 1. The average molecular weight is 412 g/mol. The summed E-state index contributed by atoms with van der Waals surface area (Å²) in [6, 6.07) is 5.69. The SMILES string of the molecule is CC1=CCC2C(C1)c1c(O)cc(C(C)(C)C(=O)OCCCCC#N)cc1OC2(C)C. The van der Waals surface area contributed by atoms with Crippen molar-refractivity contribution in [2.45, 2.75) is 83.7 Å². The van der Waals surface area contributed by atoms with Crippen LogP contribution in [0, 0.1) is 17.2 Å². The number of fused-ring (bicyclic) bond motifs is 3. The van der Waals surface area contributed by atoms with E-state index in [1.807, 2.05) is 6.07 Å². The summed E-state index contributed by atoms with van der Waals surface area (Å²) in [6.07, 6.45) is 5.96. The van der Waals surface area contributed by atoms with Crippen molar-refractivity contribution in [1.82, 2.24) is 0 Å². The number of carbonyl (C=O) groups is 1. The van der Waals surface area contributed by atoms with Gasteiger partial charge in [-0.2, -0.15) is 5.26 Å². The first-order chi connectivity index (χ1) is 14.1. The summed E-state index contributed by atoms with van der Waals surface area (Å²) in [6.45, 7) is 10.2. The molecule has 2 atom stereocenters. The van der Waals surface area contributed by atoms with Gasteiger partial charge in [0.15, 0.2) is 0 Å². The second-order valence-electron chi connectivity index (χ2n) is 9.69. The Kier molecular flexibility index (Phi) is 6.17. The second kappa shape index (κ2) is 8.34. The van der Waals surface area contributed by atoms with Crippen LogP contribution in [0.5, 0.6) is 11.5 Å². The van der Waals surface area contributed by atoms with Gasteiger partial charge in [-0.25, -0.2) is 0 Å². The topological polar surface area (TPSA) is 79.5 Å². The van der Waals surface area contributed by atoms with Gasteiger partial charge in [-0.05, 0) is 78.0 Å². The van der Waals surface area contributed by atoms with E-state index in [2.05, 4.69) is 32.9 Å². The van der Waals surface area contributed by atoms with Crippen molar-refractivity contribution in [3.05, 3.63) is 34.9 Å². The Morgan fingerprint density at radius 1 is 1.37 bits per heavy atom. The van der Waals surface area contributed by atoms with Crippen LogP contribution in [0.4, 0.5) is 0 Å². The molecule has 1 aromatic rings. The lowest BCUT2D eigenvalue weighted by Gasteiger charge is -2.47. The molecule has 1 N–H and O–H groups in total. The summed E-state index contributed by atoms with van der Waals surface area (Å²) in [4.78, 5) is 12.8. The maximum atomic E-state index is 12.8. The molecule has 0 fully saturated rings. The van der Waals surface area contributed by atoms with Gasteiger partial charge in [0.25, 0.3) is 0 Å². The van der Waals surface area contributed by atoms with E-state index >= 15 is 0 Å². The lowest BCUT2D eigenvalue weighted by atomic mass is 9.67. The number of esters is 1. The predicted molar refractivity (Wildman–Crippen MR) is 115 cm³/mol. The monoisotopic (exact) mass is 411 g/mol. The van der Waals surface area contributed by atoms with Gasteiger partial charge in [-0.3, -0.25) is 4.79 Å². The predicted octanol–water partition coefficient (Wildman–Crippen LogP) is 5.52. The quantitative estimate of drug-likeness (QED) is 0.379. The van der Waals surface area contributed by atoms with Crippen LogP contribution in [0.25, 0.3) is 0 Å². The molecule has 0 bridgehead atoms. The van der Waals surface area contributed by atoms with Crippen molar-refractivity contribution < 1.29 is 19.4 Å². The van der Waals surface area contributed by atoms with Crippen LogP contribution in [0.2, 0.25) is 0 Å². The fourth-order valence-corrected chi connectivity index (χ4v) is 4.69. The maximum absolute atomic E-state index is 12.8. The lowest BCUT2D eigenvalue weighted by Crippen LogP contribution is -2.45. The molecule has 0 saturated heterocycles. The smallest absolute Gasteiger partial charge is 0.315 e. The molecule has 1 aliphatic heterocycles. The summed E-state index contributed by atoms with van der Waals surface area (Å²) in [5, 5.41) is 19.6. The highest BCUT2D eigenvalue weighted by Gasteiger charge is 2.46. The lowest BCUT2D eigenvalue weighted by molar-refractivity contribution is -0.149. The van der Waals surface area contributed by atoms with E-state index in [-0.39, 0.29) is 23.2 Å². The van der Waals surface area contributed by atoms with Gasteiger partial charge in [-0.15, -0.1) is 0 Å². The molecule has 0 aromatic heterocycles. The van der Waals surface area contributed by atoms with Crippen LogP contribution in [0.1, 0.15) is 83.8 Å². The molecular formula is C25H33NO4. The van der Waals surface area contributed by atoms with E-state index in [1.54, 1.807) is 19.9 Å². The Labute approximate surface area is 179 Å². The van der Waals surface area contributed by atoms with Crippen molar-refractivity contribution >= 4 is 5.97 Å². The normalized spacial score (nSPS) is 22.1. The molecule has 162 valence electrons. The number of hydrogen-bond donors (Lipinski definition) is 1. The van der Waals surface area contributed by atoms with Gasteiger partial charge >= 0.3 is 5.97 Å². The molecule has 0 spiro atoms. The van der Waals surface area contributed by atoms with Gasteiger partial charge in [0.05, 0.1) is 18.1 Å². The summed E-state index contributed by atoms with van der Waals surface area (Å²) < 4.78 is 11.8. The first-order valence-corrected chi connectivity index (χ1v) is 10.8. The van der Waals surface area contributed by atoms with Crippen molar-refractivity contribution in [3.63, 3.8) is 0 Å². The number of carbonyl (C=O) groups excluding carboxylic acids is 1. The maximum Gasteiger partial charge on any atom is 0.315 e. The van der Waals surface area contributed by atoms with Gasteiger partial charge in [0, 0.05) is 23.8 Å². The number of allylic oxidation sites excluding steroid dienone is 2. The fourth-order valence-electron chi connectivity index (χ4n) is 4.69. The Morgan fingerprint density at radius 2 is 2.10 bits per heavy atom. The van der Waals surface area contributed by atoms with Crippen molar-refractivity contribution in [3.8, 4) is 17.6 Å². The van der Waals surface area contributed by atoms with E-state index in [0.717, 1.165) is 18.4 Å². The van der Waals surface area contributed by atoms with Crippen LogP contribution >= 0.6 is 0 Å². The third-order valence-electron chi connectivity index (χ3n) is 6.65. The minimum Gasteiger partial charge on any atom is -0.508 e. The molecule has 1 aliphatic carbocycles. The third-order valence-corrected chi connectivity index (χ3v) is 6.65. The minimum absolute atomic E-state index is 0.192. The molecular weight excluding hydrogens is 378 g/mol. The molecule has 3 rings (SSSR count).